The van der Waals surface area contributed by atoms with Gasteiger partial charge in [-0.3, -0.25) is 4.98 Å². The molecule has 0 aliphatic rings. The maximum atomic E-state index is 5.83. The highest BCUT2D eigenvalue weighted by atomic mass is 16.5. The normalized spacial score (nSPS) is 11.3. The Morgan fingerprint density at radius 3 is 2.56 bits per heavy atom. The molecule has 0 radical (unpaired) electrons. The van der Waals surface area contributed by atoms with Crippen LogP contribution in [0.15, 0.2) is 48.7 Å². The molecule has 2 heterocycles. The zero-order valence-corrected chi connectivity index (χ0v) is 14.4. The molecule has 4 aromatic rings. The Morgan fingerprint density at radius 2 is 1.84 bits per heavy atom. The number of pyridine rings is 1. The minimum atomic E-state index is 0.745. The van der Waals surface area contributed by atoms with Gasteiger partial charge in [-0.15, -0.1) is 0 Å². The molecule has 0 amide bonds. The zero-order valence-electron chi connectivity index (χ0n) is 14.4. The van der Waals surface area contributed by atoms with Gasteiger partial charge in [0.05, 0.1) is 18.5 Å². The summed E-state index contributed by atoms with van der Waals surface area (Å²) >= 11 is 0. The lowest BCUT2D eigenvalue weighted by Gasteiger charge is -2.07. The van der Waals surface area contributed by atoms with E-state index in [1.54, 1.807) is 7.11 Å². The molecular weight excluding hydrogens is 312 g/mol. The number of nitrogen functional groups attached to an aromatic ring is 1. The van der Waals surface area contributed by atoms with Gasteiger partial charge in [0, 0.05) is 22.7 Å². The molecule has 0 spiro atoms. The molecule has 2 aromatic carbocycles. The summed E-state index contributed by atoms with van der Waals surface area (Å²) in [6, 6.07) is 13.7. The van der Waals surface area contributed by atoms with E-state index in [0.29, 0.717) is 0 Å². The summed E-state index contributed by atoms with van der Waals surface area (Å²) < 4.78 is 7.46. The predicted octanol–water partition coefficient (Wildman–Crippen LogP) is 4.12. The van der Waals surface area contributed by atoms with Crippen molar-refractivity contribution >= 4 is 27.5 Å². The maximum absolute atomic E-state index is 5.83. The number of ether oxygens (including phenoxy) is 1. The number of hydrogen-bond donors (Lipinski definition) is 1. The Morgan fingerprint density at radius 1 is 1.04 bits per heavy atom. The Bertz CT molecular complexity index is 1050. The molecule has 2 N–H and O–H groups in total. The summed E-state index contributed by atoms with van der Waals surface area (Å²) in [6.45, 7) is 2.17. The highest BCUT2D eigenvalue weighted by molar-refractivity contribution is 6.05. The Kier molecular flexibility index (Phi) is 3.76. The maximum Gasteiger partial charge on any atom is 0.145 e. The number of fused-ring (bicyclic) bond motifs is 3. The van der Waals surface area contributed by atoms with E-state index in [9.17, 15) is 0 Å². The molecule has 0 saturated carbocycles. The number of benzene rings is 2. The first-order valence-electron chi connectivity index (χ1n) is 8.42. The van der Waals surface area contributed by atoms with Gasteiger partial charge < -0.3 is 10.5 Å². The minimum absolute atomic E-state index is 0.745. The highest BCUT2D eigenvalue weighted by Gasteiger charge is 2.16. The first-order valence-corrected chi connectivity index (χ1v) is 8.42. The average molecular weight is 332 g/mol. The third-order valence-electron chi connectivity index (χ3n) is 4.44. The van der Waals surface area contributed by atoms with Gasteiger partial charge in [0.1, 0.15) is 16.8 Å². The van der Waals surface area contributed by atoms with Crippen LogP contribution in [-0.4, -0.2) is 21.9 Å². The summed E-state index contributed by atoms with van der Waals surface area (Å²) in [5.41, 5.74) is 10.5. The molecule has 0 saturated heterocycles. The largest absolute Gasteiger partial charge is 0.494 e. The summed E-state index contributed by atoms with van der Waals surface area (Å²) in [5.74, 6) is 0.762. The van der Waals surface area contributed by atoms with Crippen molar-refractivity contribution in [2.24, 2.45) is 0 Å². The first kappa shape index (κ1) is 15.4. The van der Waals surface area contributed by atoms with Crippen LogP contribution in [0.3, 0.4) is 0 Å². The molecule has 0 unspecified atom stereocenters. The molecule has 5 heteroatoms. The van der Waals surface area contributed by atoms with E-state index in [-0.39, 0.29) is 0 Å². The second kappa shape index (κ2) is 6.09. The van der Waals surface area contributed by atoms with Crippen LogP contribution in [0.25, 0.3) is 27.5 Å². The second-order valence-electron chi connectivity index (χ2n) is 6.08. The van der Waals surface area contributed by atoms with Gasteiger partial charge in [-0.25, -0.2) is 4.68 Å². The van der Waals surface area contributed by atoms with Crippen LogP contribution in [0.4, 0.5) is 5.69 Å². The van der Waals surface area contributed by atoms with Crippen molar-refractivity contribution in [2.45, 2.75) is 19.8 Å². The van der Waals surface area contributed by atoms with E-state index in [2.05, 4.69) is 11.9 Å². The molecule has 0 aliphatic carbocycles. The second-order valence-corrected chi connectivity index (χ2v) is 6.08. The molecule has 0 atom stereocenters. The Hall–Kier alpha value is -3.08. The number of nitrogens with two attached hydrogens (primary N) is 1. The number of hydrogen-bond acceptors (Lipinski definition) is 4. The topological polar surface area (TPSA) is 66.0 Å². The van der Waals surface area contributed by atoms with Crippen LogP contribution < -0.4 is 10.5 Å². The van der Waals surface area contributed by atoms with Gasteiger partial charge in [0.25, 0.3) is 0 Å². The highest BCUT2D eigenvalue weighted by Crippen LogP contribution is 2.32. The van der Waals surface area contributed by atoms with Crippen LogP contribution in [0.5, 0.6) is 5.75 Å². The Balaban J connectivity index is 2.04. The number of methoxy groups -OCH3 is 1. The fraction of sp³-hybridized carbons (Fsp3) is 0.200. The number of anilines is 1. The molecule has 0 bridgehead atoms. The van der Waals surface area contributed by atoms with Crippen molar-refractivity contribution in [3.63, 3.8) is 0 Å². The number of rotatable bonds is 4. The van der Waals surface area contributed by atoms with Crippen molar-refractivity contribution in [3.05, 3.63) is 54.4 Å². The third-order valence-corrected chi connectivity index (χ3v) is 4.44. The quantitative estimate of drug-likeness (QED) is 0.571. The fourth-order valence-corrected chi connectivity index (χ4v) is 3.25. The van der Waals surface area contributed by atoms with Gasteiger partial charge in [-0.1, -0.05) is 25.5 Å². The lowest BCUT2D eigenvalue weighted by molar-refractivity contribution is 0.419. The molecule has 2 aromatic heterocycles. The molecular formula is C20H20N4O. The van der Waals surface area contributed by atoms with E-state index in [1.807, 2.05) is 53.3 Å². The summed E-state index contributed by atoms with van der Waals surface area (Å²) in [4.78, 5) is 4.65. The molecule has 0 aliphatic heterocycles. The molecule has 5 nitrogen and oxygen atoms in total. The number of para-hydroxylation sites is 1. The number of aromatic nitrogens is 3. The van der Waals surface area contributed by atoms with Gasteiger partial charge in [-0.2, -0.15) is 5.10 Å². The van der Waals surface area contributed by atoms with Gasteiger partial charge in [-0.05, 0) is 36.8 Å². The third kappa shape index (κ3) is 2.48. The number of aryl methyl sites for hydroxylation is 1. The van der Waals surface area contributed by atoms with Crippen LogP contribution >= 0.6 is 0 Å². The molecule has 0 fully saturated rings. The first-order chi connectivity index (χ1) is 12.2. The van der Waals surface area contributed by atoms with Crippen molar-refractivity contribution in [1.29, 1.82) is 0 Å². The van der Waals surface area contributed by atoms with Crippen LogP contribution in [0, 0.1) is 0 Å². The summed E-state index contributed by atoms with van der Waals surface area (Å²) in [7, 11) is 1.66. The SMILES string of the molecule is CCCc1c2cnc3c(OC)cccc3c2nn1-c1ccc(N)cc1. The molecule has 25 heavy (non-hydrogen) atoms. The zero-order chi connectivity index (χ0) is 17.4. The lowest BCUT2D eigenvalue weighted by Crippen LogP contribution is -2.02. The van der Waals surface area contributed by atoms with E-state index in [0.717, 1.165) is 51.8 Å². The van der Waals surface area contributed by atoms with Gasteiger partial charge >= 0.3 is 0 Å². The molecule has 4 rings (SSSR count). The van der Waals surface area contributed by atoms with Crippen molar-refractivity contribution in [3.8, 4) is 11.4 Å². The van der Waals surface area contributed by atoms with E-state index in [4.69, 9.17) is 15.6 Å². The summed E-state index contributed by atoms with van der Waals surface area (Å²) in [6.07, 6.45) is 3.87. The fourth-order valence-electron chi connectivity index (χ4n) is 3.25. The van der Waals surface area contributed by atoms with E-state index >= 15 is 0 Å². The Labute approximate surface area is 146 Å². The van der Waals surface area contributed by atoms with E-state index in [1.165, 1.54) is 5.69 Å². The minimum Gasteiger partial charge on any atom is -0.494 e. The average Bonchev–Trinajstić information content (AvgIpc) is 3.01. The standard InChI is InChI=1S/C20H20N4O/c1-3-5-17-16-12-22-20-15(6-4-7-18(20)25-2)19(16)23-24(17)14-10-8-13(21)9-11-14/h4,6-12H,3,5,21H2,1-2H3. The van der Waals surface area contributed by atoms with Crippen molar-refractivity contribution < 1.29 is 4.74 Å². The smallest absolute Gasteiger partial charge is 0.145 e. The summed E-state index contributed by atoms with van der Waals surface area (Å²) in [5, 5.41) is 7.00. The lowest BCUT2D eigenvalue weighted by atomic mass is 10.1. The van der Waals surface area contributed by atoms with Gasteiger partial charge in [0.15, 0.2) is 0 Å². The monoisotopic (exact) mass is 332 g/mol. The molecule has 126 valence electrons. The van der Waals surface area contributed by atoms with Crippen LogP contribution in [0.1, 0.15) is 19.0 Å². The van der Waals surface area contributed by atoms with E-state index < -0.39 is 0 Å². The van der Waals surface area contributed by atoms with Crippen molar-refractivity contribution in [2.75, 3.05) is 12.8 Å². The van der Waals surface area contributed by atoms with Crippen LogP contribution in [-0.2, 0) is 6.42 Å². The van der Waals surface area contributed by atoms with Crippen LogP contribution in [0.2, 0.25) is 0 Å². The van der Waals surface area contributed by atoms with Crippen molar-refractivity contribution in [1.82, 2.24) is 14.8 Å². The number of nitrogens with zero attached hydrogens (tertiary/aromatic N) is 3. The van der Waals surface area contributed by atoms with Gasteiger partial charge in [0.2, 0.25) is 0 Å². The predicted molar refractivity (Wildman–Crippen MR) is 101 cm³/mol.